The van der Waals surface area contributed by atoms with Crippen molar-refractivity contribution >= 4 is 17.4 Å². The summed E-state index contributed by atoms with van der Waals surface area (Å²) in [5.74, 6) is -0.499. The van der Waals surface area contributed by atoms with E-state index >= 15 is 0 Å². The number of Topliss-reactive ketones (excluding diaryl/α,β-unsaturated/α-hetero) is 1. The van der Waals surface area contributed by atoms with Gasteiger partial charge >= 0.3 is 0 Å². The van der Waals surface area contributed by atoms with Crippen LogP contribution in [0, 0.1) is 0 Å². The van der Waals surface area contributed by atoms with Crippen molar-refractivity contribution in [3.63, 3.8) is 0 Å². The summed E-state index contributed by atoms with van der Waals surface area (Å²) in [4.78, 5) is 30.1. The van der Waals surface area contributed by atoms with E-state index < -0.39 is 17.7 Å². The van der Waals surface area contributed by atoms with Crippen LogP contribution in [0.25, 0.3) is 5.76 Å². The van der Waals surface area contributed by atoms with Gasteiger partial charge in [-0.3, -0.25) is 9.59 Å². The van der Waals surface area contributed by atoms with Crippen molar-refractivity contribution in [2.75, 3.05) is 7.11 Å². The van der Waals surface area contributed by atoms with E-state index in [4.69, 9.17) is 9.15 Å². The Morgan fingerprint density at radius 3 is 2.59 bits per heavy atom. The Kier molecular flexibility index (Phi) is 4.87. The van der Waals surface area contributed by atoms with Crippen LogP contribution in [0.2, 0.25) is 0 Å². The third kappa shape index (κ3) is 3.38. The first-order chi connectivity index (χ1) is 14.1. The van der Waals surface area contributed by atoms with Crippen LogP contribution in [0.5, 0.6) is 5.75 Å². The number of pyridine rings is 1. The van der Waals surface area contributed by atoms with Gasteiger partial charge in [0.25, 0.3) is 11.7 Å². The summed E-state index contributed by atoms with van der Waals surface area (Å²) in [5.41, 5.74) is 1.13. The minimum Gasteiger partial charge on any atom is -0.507 e. The number of aliphatic hydroxyl groups is 1. The lowest BCUT2D eigenvalue weighted by Gasteiger charge is -2.23. The highest BCUT2D eigenvalue weighted by atomic mass is 16.5. The molecule has 4 rings (SSSR count). The van der Waals surface area contributed by atoms with Gasteiger partial charge in [-0.05, 0) is 42.5 Å². The van der Waals surface area contributed by atoms with E-state index in [0.29, 0.717) is 22.6 Å². The normalized spacial score (nSPS) is 18.2. The summed E-state index contributed by atoms with van der Waals surface area (Å²) in [5, 5.41) is 11.0. The molecule has 0 radical (unpaired) electrons. The summed E-state index contributed by atoms with van der Waals surface area (Å²) in [6.07, 6.45) is 4.94. The number of carbonyl (C=O) groups is 2. The number of benzene rings is 1. The fourth-order valence-corrected chi connectivity index (χ4v) is 3.44. The van der Waals surface area contributed by atoms with Crippen LogP contribution < -0.4 is 9.72 Å². The van der Waals surface area contributed by atoms with Gasteiger partial charge in [0.05, 0.1) is 31.5 Å². The number of aromatic nitrogens is 1. The largest absolute Gasteiger partial charge is 0.507 e. The van der Waals surface area contributed by atoms with Crippen molar-refractivity contribution < 1.29 is 28.8 Å². The molecule has 1 aliphatic heterocycles. The number of H-pyrrole nitrogens is 1. The Morgan fingerprint density at radius 2 is 1.97 bits per heavy atom. The molecule has 1 atom stereocenters. The molecule has 0 bridgehead atoms. The predicted molar refractivity (Wildman–Crippen MR) is 103 cm³/mol. The van der Waals surface area contributed by atoms with Gasteiger partial charge in [-0.2, -0.15) is 0 Å². The number of aromatic amines is 1. The molecule has 0 spiro atoms. The van der Waals surface area contributed by atoms with Crippen molar-refractivity contribution in [1.29, 1.82) is 0 Å². The number of rotatable bonds is 5. The first-order valence-corrected chi connectivity index (χ1v) is 9.01. The molecule has 7 heteroatoms. The maximum absolute atomic E-state index is 12.9. The number of carbonyl (C=O) groups excluding carboxylic acids is 2. The third-order valence-corrected chi connectivity index (χ3v) is 4.86. The second-order valence-corrected chi connectivity index (χ2v) is 6.57. The van der Waals surface area contributed by atoms with E-state index in [1.165, 1.54) is 11.2 Å². The summed E-state index contributed by atoms with van der Waals surface area (Å²) in [6, 6.07) is 12.9. The molecule has 0 saturated carbocycles. The van der Waals surface area contributed by atoms with Gasteiger partial charge in [-0.25, -0.2) is 4.98 Å². The first kappa shape index (κ1) is 18.5. The van der Waals surface area contributed by atoms with Gasteiger partial charge in [0.15, 0.2) is 12.4 Å². The second kappa shape index (κ2) is 7.63. The van der Waals surface area contributed by atoms with Crippen molar-refractivity contribution in [1.82, 2.24) is 4.90 Å². The summed E-state index contributed by atoms with van der Waals surface area (Å²) >= 11 is 0. The molecule has 146 valence electrons. The molecule has 1 unspecified atom stereocenters. The molecule has 1 aliphatic rings. The monoisotopic (exact) mass is 391 g/mol. The van der Waals surface area contributed by atoms with Crippen molar-refractivity contribution in [3.05, 3.63) is 89.6 Å². The summed E-state index contributed by atoms with van der Waals surface area (Å²) in [7, 11) is 1.54. The molecule has 1 amide bonds. The lowest BCUT2D eigenvalue weighted by Crippen LogP contribution is -2.29. The zero-order valence-electron chi connectivity index (χ0n) is 15.7. The molecule has 2 aromatic heterocycles. The highest BCUT2D eigenvalue weighted by molar-refractivity contribution is 6.46. The maximum atomic E-state index is 12.9. The Bertz CT molecular complexity index is 1060. The van der Waals surface area contributed by atoms with E-state index in [-0.39, 0.29) is 17.9 Å². The minimum absolute atomic E-state index is 0.0336. The van der Waals surface area contributed by atoms with Crippen molar-refractivity contribution in [3.8, 4) is 5.75 Å². The van der Waals surface area contributed by atoms with Crippen molar-refractivity contribution in [2.45, 2.75) is 12.6 Å². The first-order valence-electron chi connectivity index (χ1n) is 9.01. The molecule has 2 N–H and O–H groups in total. The lowest BCUT2D eigenvalue weighted by molar-refractivity contribution is -0.379. The number of furan rings is 1. The standard InChI is InChI=1S/C22H18N2O5/c1-28-16-8-6-14(7-9-16)20(25)18-19(15-4-2-10-23-12-15)24(22(27)21(18)26)13-17-5-3-11-29-17/h2-12,19,25H,13H2,1H3/p+1. The van der Waals surface area contributed by atoms with Gasteiger partial charge in [0.2, 0.25) is 0 Å². The Balaban J connectivity index is 1.83. The average molecular weight is 391 g/mol. The smallest absolute Gasteiger partial charge is 0.296 e. The van der Waals surface area contributed by atoms with E-state index in [1.807, 2.05) is 0 Å². The van der Waals surface area contributed by atoms with E-state index in [2.05, 4.69) is 4.98 Å². The number of ether oxygens (including phenoxy) is 1. The molecule has 1 fully saturated rings. The molecular formula is C22H19N2O5+. The second-order valence-electron chi connectivity index (χ2n) is 6.57. The Labute approximate surface area is 166 Å². The summed E-state index contributed by atoms with van der Waals surface area (Å²) < 4.78 is 10.5. The number of methoxy groups -OCH3 is 1. The fourth-order valence-electron chi connectivity index (χ4n) is 3.44. The van der Waals surface area contributed by atoms with Crippen LogP contribution in [0.3, 0.4) is 0 Å². The number of hydrogen-bond donors (Lipinski definition) is 1. The van der Waals surface area contributed by atoms with Crippen molar-refractivity contribution in [2.24, 2.45) is 0 Å². The van der Waals surface area contributed by atoms with Gasteiger partial charge in [0.1, 0.15) is 17.3 Å². The number of likely N-dealkylation sites (tertiary alicyclic amines) is 1. The lowest BCUT2D eigenvalue weighted by atomic mass is 9.96. The number of ketones is 1. The maximum Gasteiger partial charge on any atom is 0.296 e. The number of hydrogen-bond acceptors (Lipinski definition) is 5. The highest BCUT2D eigenvalue weighted by Gasteiger charge is 2.47. The third-order valence-electron chi connectivity index (χ3n) is 4.86. The molecule has 1 aromatic carbocycles. The Hall–Kier alpha value is -3.87. The molecule has 7 nitrogen and oxygen atoms in total. The molecule has 3 heterocycles. The minimum atomic E-state index is -0.750. The molecule has 29 heavy (non-hydrogen) atoms. The van der Waals surface area contributed by atoms with E-state index in [9.17, 15) is 14.7 Å². The quantitative estimate of drug-likeness (QED) is 0.410. The van der Waals surface area contributed by atoms with Crippen LogP contribution in [-0.4, -0.2) is 28.8 Å². The topological polar surface area (TPSA) is 94.1 Å². The SMILES string of the molecule is COc1ccc(C(O)=C2C(=O)C(=O)N(Cc3ccco3)C2c2ccc[nH+]c2)cc1. The Morgan fingerprint density at radius 1 is 1.17 bits per heavy atom. The van der Waals surface area contributed by atoms with Crippen LogP contribution in [0.4, 0.5) is 0 Å². The van der Waals surface area contributed by atoms with Crippen LogP contribution >= 0.6 is 0 Å². The van der Waals surface area contributed by atoms with Gasteiger partial charge in [-0.15, -0.1) is 0 Å². The summed E-state index contributed by atoms with van der Waals surface area (Å²) in [6.45, 7) is 0.108. The zero-order chi connectivity index (χ0) is 20.4. The molecule has 3 aromatic rings. The molecule has 0 aliphatic carbocycles. The van der Waals surface area contributed by atoms with Gasteiger partial charge in [-0.1, -0.05) is 0 Å². The number of aliphatic hydroxyl groups excluding tert-OH is 1. The van der Waals surface area contributed by atoms with Gasteiger partial charge in [0, 0.05) is 17.2 Å². The number of amides is 1. The predicted octanol–water partition coefficient (Wildman–Crippen LogP) is 2.72. The number of nitrogens with zero attached hydrogens (tertiary/aromatic N) is 1. The van der Waals surface area contributed by atoms with E-state index in [1.54, 1.807) is 68.0 Å². The van der Waals surface area contributed by atoms with Crippen LogP contribution in [0.1, 0.15) is 22.9 Å². The van der Waals surface area contributed by atoms with Gasteiger partial charge < -0.3 is 19.2 Å². The number of nitrogens with one attached hydrogen (secondary N) is 1. The average Bonchev–Trinajstić information content (AvgIpc) is 3.36. The molecular weight excluding hydrogens is 372 g/mol. The molecule has 1 saturated heterocycles. The van der Waals surface area contributed by atoms with Crippen LogP contribution in [-0.2, 0) is 16.1 Å². The highest BCUT2D eigenvalue weighted by Crippen LogP contribution is 2.39. The van der Waals surface area contributed by atoms with E-state index in [0.717, 1.165) is 0 Å². The van der Waals surface area contributed by atoms with Crippen LogP contribution in [0.15, 0.2) is 77.2 Å². The zero-order valence-corrected chi connectivity index (χ0v) is 15.7. The fraction of sp³-hybridized carbons (Fsp3) is 0.136.